The number of aliphatic carboxylic acids is 1. The highest BCUT2D eigenvalue weighted by molar-refractivity contribution is 5.74. The first-order chi connectivity index (χ1) is 8.93. The summed E-state index contributed by atoms with van der Waals surface area (Å²) in [6, 6.07) is 8.06. The molecule has 0 unspecified atom stereocenters. The van der Waals surface area contributed by atoms with Gasteiger partial charge in [-0.15, -0.1) is 0 Å². The minimum atomic E-state index is -0.803. The number of nitrogens with zero attached hydrogens (tertiary/aromatic N) is 2. The highest BCUT2D eigenvalue weighted by Gasteiger charge is 2.09. The Hall–Kier alpha value is -1.71. The van der Waals surface area contributed by atoms with E-state index in [4.69, 9.17) is 5.11 Å². The lowest BCUT2D eigenvalue weighted by molar-refractivity contribution is -0.135. The lowest BCUT2D eigenvalue weighted by Gasteiger charge is -2.24. The molecule has 0 bridgehead atoms. The van der Waals surface area contributed by atoms with Gasteiger partial charge in [0.05, 0.1) is 0 Å². The lowest BCUT2D eigenvalue weighted by atomic mass is 10.2. The standard InChI is InChI=1S/C15H24N2O2/c1-5-17(11-15(18)19)14-8-6-13(7-9-14)16(4)10-12(2)3/h6-9,12H,5,10-11H2,1-4H3,(H,18,19). The van der Waals surface area contributed by atoms with Gasteiger partial charge in [0, 0.05) is 31.5 Å². The summed E-state index contributed by atoms with van der Waals surface area (Å²) in [7, 11) is 2.07. The molecule has 0 aliphatic carbocycles. The summed E-state index contributed by atoms with van der Waals surface area (Å²) in [6.45, 7) is 8.08. The Morgan fingerprint density at radius 3 is 2.16 bits per heavy atom. The van der Waals surface area contributed by atoms with Crippen molar-refractivity contribution in [1.29, 1.82) is 0 Å². The Balaban J connectivity index is 2.77. The van der Waals surface area contributed by atoms with Crippen LogP contribution in [0.3, 0.4) is 0 Å². The third-order valence-electron chi connectivity index (χ3n) is 3.00. The Morgan fingerprint density at radius 1 is 1.21 bits per heavy atom. The number of carboxylic acid groups (broad SMARTS) is 1. The van der Waals surface area contributed by atoms with Crippen LogP contribution in [0.4, 0.5) is 11.4 Å². The zero-order valence-corrected chi connectivity index (χ0v) is 12.3. The summed E-state index contributed by atoms with van der Waals surface area (Å²) in [5.41, 5.74) is 2.11. The summed E-state index contributed by atoms with van der Waals surface area (Å²) in [5.74, 6) is -0.188. The highest BCUT2D eigenvalue weighted by Crippen LogP contribution is 2.20. The van der Waals surface area contributed by atoms with Gasteiger partial charge in [0.15, 0.2) is 0 Å². The third kappa shape index (κ3) is 4.81. The second kappa shape index (κ2) is 7.02. The number of rotatable bonds is 7. The van der Waals surface area contributed by atoms with Crippen molar-refractivity contribution in [3.63, 3.8) is 0 Å². The van der Waals surface area contributed by atoms with E-state index in [1.807, 2.05) is 36.1 Å². The van der Waals surface area contributed by atoms with Crippen LogP contribution in [-0.2, 0) is 4.79 Å². The molecule has 0 saturated heterocycles. The van der Waals surface area contributed by atoms with E-state index in [1.165, 1.54) is 0 Å². The highest BCUT2D eigenvalue weighted by atomic mass is 16.4. The predicted molar refractivity (Wildman–Crippen MR) is 80.1 cm³/mol. The topological polar surface area (TPSA) is 43.8 Å². The summed E-state index contributed by atoms with van der Waals surface area (Å²) < 4.78 is 0. The first-order valence-electron chi connectivity index (χ1n) is 6.72. The molecule has 1 N–H and O–H groups in total. The van der Waals surface area contributed by atoms with Gasteiger partial charge in [-0.2, -0.15) is 0 Å². The van der Waals surface area contributed by atoms with E-state index >= 15 is 0 Å². The van der Waals surface area contributed by atoms with Crippen molar-refractivity contribution < 1.29 is 9.90 Å². The van der Waals surface area contributed by atoms with E-state index in [0.717, 1.165) is 17.9 Å². The van der Waals surface area contributed by atoms with Crippen molar-refractivity contribution in [1.82, 2.24) is 0 Å². The molecule has 0 aliphatic rings. The smallest absolute Gasteiger partial charge is 0.323 e. The van der Waals surface area contributed by atoms with Crippen molar-refractivity contribution in [2.45, 2.75) is 20.8 Å². The van der Waals surface area contributed by atoms with Crippen molar-refractivity contribution in [2.75, 3.05) is 36.5 Å². The first-order valence-corrected chi connectivity index (χ1v) is 6.72. The van der Waals surface area contributed by atoms with Crippen molar-refractivity contribution in [3.8, 4) is 0 Å². The molecule has 4 nitrogen and oxygen atoms in total. The van der Waals surface area contributed by atoms with Crippen LogP contribution in [0.25, 0.3) is 0 Å². The van der Waals surface area contributed by atoms with Crippen molar-refractivity contribution in [3.05, 3.63) is 24.3 Å². The van der Waals surface area contributed by atoms with Crippen LogP contribution in [0.1, 0.15) is 20.8 Å². The summed E-state index contributed by atoms with van der Waals surface area (Å²) >= 11 is 0. The maximum absolute atomic E-state index is 10.8. The van der Waals surface area contributed by atoms with Crippen LogP contribution in [0.15, 0.2) is 24.3 Å². The SMILES string of the molecule is CCN(CC(=O)O)c1ccc(N(C)CC(C)C)cc1. The Kier molecular flexibility index (Phi) is 5.67. The number of hydrogen-bond acceptors (Lipinski definition) is 3. The van der Waals surface area contributed by atoms with E-state index in [1.54, 1.807) is 0 Å². The second-order valence-electron chi connectivity index (χ2n) is 5.20. The van der Waals surface area contributed by atoms with Crippen LogP contribution in [0.5, 0.6) is 0 Å². The molecule has 0 radical (unpaired) electrons. The molecule has 106 valence electrons. The van der Waals surface area contributed by atoms with Crippen LogP contribution >= 0.6 is 0 Å². The van der Waals surface area contributed by atoms with Crippen LogP contribution in [0, 0.1) is 5.92 Å². The third-order valence-corrected chi connectivity index (χ3v) is 3.00. The fourth-order valence-electron chi connectivity index (χ4n) is 2.12. The monoisotopic (exact) mass is 264 g/mol. The number of benzene rings is 1. The van der Waals surface area contributed by atoms with Gasteiger partial charge in [-0.05, 0) is 37.1 Å². The zero-order chi connectivity index (χ0) is 14.4. The molecular formula is C15H24N2O2. The minimum absolute atomic E-state index is 0.0394. The molecule has 1 aromatic rings. The van der Waals surface area contributed by atoms with Gasteiger partial charge >= 0.3 is 5.97 Å². The molecule has 1 rings (SSSR count). The van der Waals surface area contributed by atoms with Crippen LogP contribution < -0.4 is 9.80 Å². The molecule has 0 spiro atoms. The molecule has 0 fully saturated rings. The number of hydrogen-bond donors (Lipinski definition) is 1. The number of anilines is 2. The summed E-state index contributed by atoms with van der Waals surface area (Å²) in [6.07, 6.45) is 0. The van der Waals surface area contributed by atoms with Gasteiger partial charge in [0.25, 0.3) is 0 Å². The lowest BCUT2D eigenvalue weighted by Crippen LogP contribution is -2.29. The van der Waals surface area contributed by atoms with Crippen LogP contribution in [0.2, 0.25) is 0 Å². The van der Waals surface area contributed by atoms with Gasteiger partial charge in [0.1, 0.15) is 6.54 Å². The number of carbonyl (C=O) groups is 1. The van der Waals surface area contributed by atoms with Gasteiger partial charge in [-0.3, -0.25) is 4.79 Å². The predicted octanol–water partition coefficient (Wildman–Crippen LogP) is 2.69. The molecule has 4 heteroatoms. The maximum atomic E-state index is 10.8. The zero-order valence-electron chi connectivity index (χ0n) is 12.3. The summed E-state index contributed by atoms with van der Waals surface area (Å²) in [4.78, 5) is 14.8. The van der Waals surface area contributed by atoms with Crippen molar-refractivity contribution in [2.24, 2.45) is 5.92 Å². The number of carboxylic acids is 1. The second-order valence-corrected chi connectivity index (χ2v) is 5.20. The fourth-order valence-corrected chi connectivity index (χ4v) is 2.12. The Labute approximate surface area is 115 Å². The van der Waals surface area contributed by atoms with Crippen molar-refractivity contribution >= 4 is 17.3 Å². The Bertz CT molecular complexity index is 401. The molecule has 0 saturated carbocycles. The average molecular weight is 264 g/mol. The van der Waals surface area contributed by atoms with Gasteiger partial charge in [-0.1, -0.05) is 13.8 Å². The molecule has 19 heavy (non-hydrogen) atoms. The fraction of sp³-hybridized carbons (Fsp3) is 0.533. The molecule has 0 aliphatic heterocycles. The number of likely N-dealkylation sites (N-methyl/N-ethyl adjacent to an activating group) is 1. The van der Waals surface area contributed by atoms with E-state index < -0.39 is 5.97 Å². The molecule has 0 atom stereocenters. The van der Waals surface area contributed by atoms with E-state index in [0.29, 0.717) is 12.5 Å². The van der Waals surface area contributed by atoms with Gasteiger partial charge in [-0.25, -0.2) is 0 Å². The molecule has 1 aromatic carbocycles. The normalized spacial score (nSPS) is 10.6. The quantitative estimate of drug-likeness (QED) is 0.822. The summed E-state index contributed by atoms with van der Waals surface area (Å²) in [5, 5.41) is 8.87. The van der Waals surface area contributed by atoms with E-state index in [-0.39, 0.29) is 6.54 Å². The van der Waals surface area contributed by atoms with Gasteiger partial charge in [0.2, 0.25) is 0 Å². The largest absolute Gasteiger partial charge is 0.480 e. The first kappa shape index (κ1) is 15.3. The molecule has 0 aromatic heterocycles. The molecule has 0 heterocycles. The minimum Gasteiger partial charge on any atom is -0.480 e. The maximum Gasteiger partial charge on any atom is 0.323 e. The Morgan fingerprint density at radius 2 is 1.74 bits per heavy atom. The van der Waals surface area contributed by atoms with Crippen LogP contribution in [-0.4, -0.2) is 37.8 Å². The van der Waals surface area contributed by atoms with E-state index in [9.17, 15) is 4.79 Å². The van der Waals surface area contributed by atoms with Gasteiger partial charge < -0.3 is 14.9 Å². The molecule has 0 amide bonds. The average Bonchev–Trinajstić information content (AvgIpc) is 2.35. The van der Waals surface area contributed by atoms with E-state index in [2.05, 4.69) is 25.8 Å². The molecular weight excluding hydrogens is 240 g/mol.